The number of furan rings is 1. The van der Waals surface area contributed by atoms with Crippen LogP contribution in [-0.2, 0) is 21.2 Å². The summed E-state index contributed by atoms with van der Waals surface area (Å²) < 4.78 is 32.8. The Morgan fingerprint density at radius 2 is 2.03 bits per heavy atom. The van der Waals surface area contributed by atoms with Crippen molar-refractivity contribution in [1.82, 2.24) is 9.62 Å². The van der Waals surface area contributed by atoms with E-state index >= 15 is 0 Å². The van der Waals surface area contributed by atoms with Gasteiger partial charge in [-0.15, -0.1) is 0 Å². The molecule has 1 atom stereocenters. The van der Waals surface area contributed by atoms with Crippen LogP contribution in [0.5, 0.6) is 0 Å². The van der Waals surface area contributed by atoms with Gasteiger partial charge in [0, 0.05) is 18.5 Å². The van der Waals surface area contributed by atoms with E-state index in [1.54, 1.807) is 18.2 Å². The zero-order chi connectivity index (χ0) is 20.4. The highest BCUT2D eigenvalue weighted by Crippen LogP contribution is 2.31. The molecular formula is C21H25N3O4S. The number of hydrogen-bond acceptors (Lipinski definition) is 5. The van der Waals surface area contributed by atoms with Crippen molar-refractivity contribution in [1.29, 1.82) is 0 Å². The number of nitrogens with one attached hydrogen (secondary N) is 1. The molecule has 0 aliphatic carbocycles. The molecule has 2 aliphatic heterocycles. The fraction of sp³-hybridized carbons (Fsp3) is 0.429. The number of nitrogens with zero attached hydrogens (tertiary/aromatic N) is 2. The van der Waals surface area contributed by atoms with E-state index in [9.17, 15) is 13.2 Å². The van der Waals surface area contributed by atoms with Gasteiger partial charge in [-0.2, -0.15) is 0 Å². The maximum absolute atomic E-state index is 13.0. The lowest BCUT2D eigenvalue weighted by Crippen LogP contribution is -2.36. The van der Waals surface area contributed by atoms with Crippen LogP contribution >= 0.6 is 0 Å². The van der Waals surface area contributed by atoms with Crippen molar-refractivity contribution in [3.05, 3.63) is 53.5 Å². The van der Waals surface area contributed by atoms with Crippen LogP contribution in [0.4, 0.5) is 0 Å². The van der Waals surface area contributed by atoms with Gasteiger partial charge in [0.2, 0.25) is 5.91 Å². The number of hydrogen-bond donors (Lipinski definition) is 1. The van der Waals surface area contributed by atoms with Crippen LogP contribution < -0.4 is 4.72 Å². The topological polar surface area (TPSA) is 92.0 Å². The summed E-state index contributed by atoms with van der Waals surface area (Å²) in [6, 6.07) is 10.5. The fourth-order valence-corrected chi connectivity index (χ4v) is 5.21. The third kappa shape index (κ3) is 3.94. The van der Waals surface area contributed by atoms with Crippen LogP contribution in [-0.4, -0.2) is 38.2 Å². The summed E-state index contributed by atoms with van der Waals surface area (Å²) in [5, 5.41) is 0. The quantitative estimate of drug-likeness (QED) is 0.831. The summed E-state index contributed by atoms with van der Waals surface area (Å²) in [5.41, 5.74) is 0.506. The second-order valence-electron chi connectivity index (χ2n) is 7.38. The highest BCUT2D eigenvalue weighted by atomic mass is 32.2. The Bertz CT molecular complexity index is 1040. The van der Waals surface area contributed by atoms with Gasteiger partial charge in [-0.1, -0.05) is 31.9 Å². The van der Waals surface area contributed by atoms with Gasteiger partial charge in [-0.25, -0.2) is 8.42 Å². The summed E-state index contributed by atoms with van der Waals surface area (Å²) in [6.07, 6.45) is 4.72. The van der Waals surface area contributed by atoms with Crippen molar-refractivity contribution >= 4 is 21.8 Å². The number of aryl methyl sites for hydroxylation is 1. The lowest BCUT2D eigenvalue weighted by atomic mass is 10.1. The first-order chi connectivity index (χ1) is 14.0. The number of amides is 1. The maximum Gasteiger partial charge on any atom is 0.263 e. The number of sulfonamides is 1. The van der Waals surface area contributed by atoms with Crippen LogP contribution in [0.25, 0.3) is 0 Å². The van der Waals surface area contributed by atoms with Gasteiger partial charge in [0.1, 0.15) is 23.9 Å². The Morgan fingerprint density at radius 1 is 1.21 bits per heavy atom. The molecule has 1 N–H and O–H groups in total. The molecule has 0 spiro atoms. The van der Waals surface area contributed by atoms with Crippen molar-refractivity contribution in [2.24, 2.45) is 4.99 Å². The van der Waals surface area contributed by atoms with Crippen LogP contribution in [0, 0.1) is 0 Å². The monoisotopic (exact) mass is 415 g/mol. The largest absolute Gasteiger partial charge is 0.464 e. The molecule has 0 bridgehead atoms. The van der Waals surface area contributed by atoms with E-state index in [0.29, 0.717) is 12.1 Å². The van der Waals surface area contributed by atoms with Gasteiger partial charge in [-0.05, 0) is 37.1 Å². The van der Waals surface area contributed by atoms with E-state index in [1.165, 1.54) is 6.07 Å². The molecule has 0 unspecified atom stereocenters. The van der Waals surface area contributed by atoms with Crippen molar-refractivity contribution in [2.45, 2.75) is 50.0 Å². The summed E-state index contributed by atoms with van der Waals surface area (Å²) in [7, 11) is -3.61. The molecule has 1 saturated heterocycles. The van der Waals surface area contributed by atoms with E-state index in [-0.39, 0.29) is 29.2 Å². The minimum Gasteiger partial charge on any atom is -0.464 e. The zero-order valence-electron chi connectivity index (χ0n) is 16.4. The molecule has 1 aromatic heterocycles. The third-order valence-electron chi connectivity index (χ3n) is 5.47. The number of rotatable bonds is 4. The van der Waals surface area contributed by atoms with Gasteiger partial charge in [0.15, 0.2) is 0 Å². The number of aliphatic imine (C=N–C) groups is 1. The molecule has 1 fully saturated rings. The second kappa shape index (κ2) is 8.02. The highest BCUT2D eigenvalue weighted by Gasteiger charge is 2.32. The molecule has 8 heteroatoms. The molecule has 2 aromatic rings. The lowest BCUT2D eigenvalue weighted by Gasteiger charge is -2.28. The predicted octanol–water partition coefficient (Wildman–Crippen LogP) is 3.02. The SMILES string of the molecule is CCc1ccc([C@@H]2CCCCCN2C(=O)CN=C2NS(=O)(=O)c3ccccc32)o1. The van der Waals surface area contributed by atoms with Crippen LogP contribution in [0.15, 0.2) is 50.7 Å². The smallest absolute Gasteiger partial charge is 0.263 e. The lowest BCUT2D eigenvalue weighted by molar-refractivity contribution is -0.132. The van der Waals surface area contributed by atoms with Crippen LogP contribution in [0.2, 0.25) is 0 Å². The van der Waals surface area contributed by atoms with Gasteiger partial charge >= 0.3 is 0 Å². The fourth-order valence-electron chi connectivity index (χ4n) is 3.96. The van der Waals surface area contributed by atoms with Crippen molar-refractivity contribution in [2.75, 3.05) is 13.1 Å². The number of fused-ring (bicyclic) bond motifs is 1. The molecule has 29 heavy (non-hydrogen) atoms. The number of carbonyl (C=O) groups is 1. The first kappa shape index (κ1) is 19.7. The molecular weight excluding hydrogens is 390 g/mol. The van der Waals surface area contributed by atoms with Crippen molar-refractivity contribution in [3.8, 4) is 0 Å². The first-order valence-electron chi connectivity index (χ1n) is 10.0. The maximum atomic E-state index is 13.0. The normalized spacial score (nSPS) is 22.2. The van der Waals surface area contributed by atoms with Crippen LogP contribution in [0.3, 0.4) is 0 Å². The molecule has 2 aliphatic rings. The average Bonchev–Trinajstić information content (AvgIpc) is 3.20. The third-order valence-corrected chi connectivity index (χ3v) is 6.86. The van der Waals surface area contributed by atoms with Gasteiger partial charge in [-0.3, -0.25) is 14.5 Å². The second-order valence-corrected chi connectivity index (χ2v) is 9.03. The minimum absolute atomic E-state index is 0.0990. The van der Waals surface area contributed by atoms with E-state index in [1.807, 2.05) is 24.0 Å². The summed E-state index contributed by atoms with van der Waals surface area (Å²) in [5.74, 6) is 1.83. The van der Waals surface area contributed by atoms with Gasteiger partial charge in [0.25, 0.3) is 10.0 Å². The number of amidine groups is 1. The Labute approximate surface area is 170 Å². The Hall–Kier alpha value is -2.61. The van der Waals surface area contributed by atoms with E-state index in [0.717, 1.165) is 43.6 Å². The molecule has 154 valence electrons. The average molecular weight is 416 g/mol. The molecule has 3 heterocycles. The Kier molecular flexibility index (Phi) is 5.45. The summed E-state index contributed by atoms with van der Waals surface area (Å²) >= 11 is 0. The summed E-state index contributed by atoms with van der Waals surface area (Å²) in [4.78, 5) is 19.4. The first-order valence-corrected chi connectivity index (χ1v) is 11.5. The molecule has 1 aromatic carbocycles. The molecule has 0 radical (unpaired) electrons. The van der Waals surface area contributed by atoms with Crippen LogP contribution in [0.1, 0.15) is 55.7 Å². The van der Waals surface area contributed by atoms with Gasteiger partial charge in [0.05, 0.1) is 10.9 Å². The van der Waals surface area contributed by atoms with E-state index < -0.39 is 10.0 Å². The number of benzene rings is 1. The van der Waals surface area contributed by atoms with E-state index in [4.69, 9.17) is 4.42 Å². The summed E-state index contributed by atoms with van der Waals surface area (Å²) in [6.45, 7) is 2.58. The Balaban J connectivity index is 1.55. The standard InChI is InChI=1S/C21H25N3O4S/c1-2-15-11-12-18(28-15)17-9-4-3-7-13-24(17)20(25)14-22-21-16-8-5-6-10-19(16)29(26,27)23-21/h5-6,8,10-12,17H,2-4,7,9,13-14H2,1H3,(H,22,23)/t17-/m0/s1. The van der Waals surface area contributed by atoms with Crippen molar-refractivity contribution < 1.29 is 17.6 Å². The Morgan fingerprint density at radius 3 is 2.83 bits per heavy atom. The number of likely N-dealkylation sites (tertiary alicyclic amines) is 1. The molecule has 7 nitrogen and oxygen atoms in total. The molecule has 4 rings (SSSR count). The minimum atomic E-state index is -3.61. The van der Waals surface area contributed by atoms with E-state index in [2.05, 4.69) is 9.71 Å². The van der Waals surface area contributed by atoms with Crippen molar-refractivity contribution in [3.63, 3.8) is 0 Å². The zero-order valence-corrected chi connectivity index (χ0v) is 17.2. The van der Waals surface area contributed by atoms with Gasteiger partial charge < -0.3 is 9.32 Å². The molecule has 1 amide bonds. The predicted molar refractivity (Wildman–Crippen MR) is 109 cm³/mol. The number of carbonyl (C=O) groups excluding carboxylic acids is 1. The highest BCUT2D eigenvalue weighted by molar-refractivity contribution is 7.90. The molecule has 0 saturated carbocycles.